The Morgan fingerprint density at radius 2 is 2.10 bits per heavy atom. The second kappa shape index (κ2) is 8.31. The van der Waals surface area contributed by atoms with Crippen molar-refractivity contribution in [2.24, 2.45) is 5.41 Å². The number of ketones is 1. The molecule has 2 aromatic heterocycles. The molecule has 0 fully saturated rings. The molecule has 154 valence electrons. The van der Waals surface area contributed by atoms with E-state index in [9.17, 15) is 9.59 Å². The normalized spacial score (nSPS) is 15.1. The molecule has 0 N–H and O–H groups in total. The van der Waals surface area contributed by atoms with Crippen molar-refractivity contribution in [1.82, 2.24) is 19.7 Å². The van der Waals surface area contributed by atoms with E-state index in [1.807, 2.05) is 19.1 Å². The van der Waals surface area contributed by atoms with Crippen LogP contribution in [0.2, 0.25) is 0 Å². The molecule has 6 nitrogen and oxygen atoms in total. The van der Waals surface area contributed by atoms with Gasteiger partial charge in [-0.05, 0) is 43.2 Å². The van der Waals surface area contributed by atoms with Crippen LogP contribution in [0, 0.1) is 5.41 Å². The van der Waals surface area contributed by atoms with E-state index in [4.69, 9.17) is 5.10 Å². The molecule has 2 heterocycles. The molecule has 0 saturated heterocycles. The molecule has 0 bridgehead atoms. The van der Waals surface area contributed by atoms with Crippen molar-refractivity contribution in [3.8, 4) is 5.82 Å². The van der Waals surface area contributed by atoms with E-state index >= 15 is 0 Å². The maximum absolute atomic E-state index is 12.9. The maximum Gasteiger partial charge on any atom is 0.255 e. The number of aromatic nitrogens is 3. The number of fused-ring (bicyclic) bond motifs is 1. The van der Waals surface area contributed by atoms with Gasteiger partial charge in [0, 0.05) is 26.2 Å². The first-order valence-electron chi connectivity index (χ1n) is 10.2. The predicted octanol–water partition coefficient (Wildman–Crippen LogP) is 4.02. The van der Waals surface area contributed by atoms with E-state index in [0.717, 1.165) is 36.2 Å². The molecule has 0 spiro atoms. The summed E-state index contributed by atoms with van der Waals surface area (Å²) in [5.41, 5.74) is 2.91. The van der Waals surface area contributed by atoms with Crippen molar-refractivity contribution in [1.29, 1.82) is 0 Å². The highest BCUT2D eigenvalue weighted by atomic mass is 16.2. The average molecular weight is 395 g/mol. The number of hydrogen-bond acceptors (Lipinski definition) is 4. The largest absolute Gasteiger partial charge is 0.342 e. The summed E-state index contributed by atoms with van der Waals surface area (Å²) in [7, 11) is 1.79. The van der Waals surface area contributed by atoms with Gasteiger partial charge in [0.15, 0.2) is 11.6 Å². The van der Waals surface area contributed by atoms with E-state index in [1.165, 1.54) is 0 Å². The zero-order valence-electron chi connectivity index (χ0n) is 17.9. The van der Waals surface area contributed by atoms with E-state index in [0.29, 0.717) is 30.8 Å². The lowest BCUT2D eigenvalue weighted by molar-refractivity contribution is 0.0794. The van der Waals surface area contributed by atoms with Gasteiger partial charge in [-0.25, -0.2) is 9.67 Å². The molecular formula is C23H30N4O2. The third kappa shape index (κ3) is 4.31. The summed E-state index contributed by atoms with van der Waals surface area (Å²) in [6.45, 7) is 10.7. The van der Waals surface area contributed by atoms with Crippen molar-refractivity contribution < 1.29 is 9.59 Å². The fourth-order valence-electron chi connectivity index (χ4n) is 3.93. The lowest BCUT2D eigenvalue weighted by atomic mass is 9.75. The Kier molecular flexibility index (Phi) is 6.01. The summed E-state index contributed by atoms with van der Waals surface area (Å²) < 4.78 is 1.79. The number of pyridine rings is 1. The third-order valence-electron chi connectivity index (χ3n) is 5.32. The minimum Gasteiger partial charge on any atom is -0.342 e. The summed E-state index contributed by atoms with van der Waals surface area (Å²) in [6.07, 6.45) is 7.08. The van der Waals surface area contributed by atoms with Gasteiger partial charge in [0.2, 0.25) is 0 Å². The molecule has 0 aliphatic heterocycles. The van der Waals surface area contributed by atoms with Crippen LogP contribution in [0.3, 0.4) is 0 Å². The second-order valence-corrected chi connectivity index (χ2v) is 8.58. The van der Waals surface area contributed by atoms with Crippen LogP contribution in [-0.2, 0) is 12.8 Å². The molecule has 3 rings (SSSR count). The number of allylic oxidation sites excluding steroid dienone is 1. The van der Waals surface area contributed by atoms with Crippen LogP contribution in [0.15, 0.2) is 31.0 Å². The molecular weight excluding hydrogens is 364 g/mol. The SMILES string of the molecule is C=CCCc1nn(-c2ccc(C(=O)N(C)CCC)cn2)c2c1C(=O)CC(C)(C)C2. The van der Waals surface area contributed by atoms with Crippen molar-refractivity contribution in [2.75, 3.05) is 13.6 Å². The molecule has 29 heavy (non-hydrogen) atoms. The molecule has 0 radical (unpaired) electrons. The summed E-state index contributed by atoms with van der Waals surface area (Å²) >= 11 is 0. The molecule has 1 aliphatic carbocycles. The molecule has 0 atom stereocenters. The van der Waals surface area contributed by atoms with Crippen LogP contribution in [0.1, 0.15) is 72.1 Å². The molecule has 1 amide bonds. The van der Waals surface area contributed by atoms with E-state index in [1.54, 1.807) is 28.9 Å². The zero-order chi connectivity index (χ0) is 21.2. The van der Waals surface area contributed by atoms with Gasteiger partial charge in [-0.2, -0.15) is 5.10 Å². The molecule has 2 aromatic rings. The van der Waals surface area contributed by atoms with Gasteiger partial charge in [-0.3, -0.25) is 9.59 Å². The van der Waals surface area contributed by atoms with E-state index < -0.39 is 0 Å². The Morgan fingerprint density at radius 1 is 1.34 bits per heavy atom. The van der Waals surface area contributed by atoms with Gasteiger partial charge < -0.3 is 4.90 Å². The number of Topliss-reactive ketones (excluding diaryl/α,β-unsaturated/α-hetero) is 1. The Morgan fingerprint density at radius 3 is 2.72 bits per heavy atom. The summed E-state index contributed by atoms with van der Waals surface area (Å²) in [5.74, 6) is 0.734. The highest BCUT2D eigenvalue weighted by Gasteiger charge is 2.36. The van der Waals surface area contributed by atoms with Crippen LogP contribution < -0.4 is 0 Å². The third-order valence-corrected chi connectivity index (χ3v) is 5.32. The summed E-state index contributed by atoms with van der Waals surface area (Å²) in [5, 5.41) is 4.74. The number of rotatable bonds is 7. The number of carbonyl (C=O) groups is 2. The molecule has 0 saturated carbocycles. The maximum atomic E-state index is 12.9. The number of nitrogens with zero attached hydrogens (tertiary/aromatic N) is 4. The molecule has 6 heteroatoms. The van der Waals surface area contributed by atoms with Gasteiger partial charge in [0.25, 0.3) is 5.91 Å². The van der Waals surface area contributed by atoms with Crippen molar-refractivity contribution in [2.45, 2.75) is 52.9 Å². The van der Waals surface area contributed by atoms with Gasteiger partial charge in [0.05, 0.1) is 22.5 Å². The van der Waals surface area contributed by atoms with Crippen LogP contribution in [0.5, 0.6) is 0 Å². The Labute approximate surface area is 172 Å². The van der Waals surface area contributed by atoms with E-state index in [-0.39, 0.29) is 17.1 Å². The van der Waals surface area contributed by atoms with Crippen LogP contribution >= 0.6 is 0 Å². The first-order chi connectivity index (χ1) is 13.8. The Bertz CT molecular complexity index is 925. The first-order valence-corrected chi connectivity index (χ1v) is 10.2. The van der Waals surface area contributed by atoms with Crippen LogP contribution in [-0.4, -0.2) is 44.9 Å². The molecule has 0 aromatic carbocycles. The van der Waals surface area contributed by atoms with Gasteiger partial charge >= 0.3 is 0 Å². The number of carbonyl (C=O) groups excluding carboxylic acids is 2. The van der Waals surface area contributed by atoms with E-state index in [2.05, 4.69) is 25.4 Å². The summed E-state index contributed by atoms with van der Waals surface area (Å²) in [4.78, 5) is 31.5. The van der Waals surface area contributed by atoms with Gasteiger partial charge in [-0.15, -0.1) is 6.58 Å². The summed E-state index contributed by atoms with van der Waals surface area (Å²) in [6, 6.07) is 3.59. The topological polar surface area (TPSA) is 68.1 Å². The standard InChI is InChI=1S/C23H30N4O2/c1-6-8-9-17-21-18(13-23(3,4)14-19(21)28)27(25-17)20-11-10-16(15-24-20)22(29)26(5)12-7-2/h6,10-11,15H,1,7-9,12-14H2,2-5H3. The quantitative estimate of drug-likeness (QED) is 0.665. The molecule has 0 unspecified atom stereocenters. The van der Waals surface area contributed by atoms with Gasteiger partial charge in [-0.1, -0.05) is 26.8 Å². The zero-order valence-corrected chi connectivity index (χ0v) is 17.9. The Hall–Kier alpha value is -2.76. The van der Waals surface area contributed by atoms with Crippen molar-refractivity contribution >= 4 is 11.7 Å². The van der Waals surface area contributed by atoms with Gasteiger partial charge in [0.1, 0.15) is 0 Å². The highest BCUT2D eigenvalue weighted by Crippen LogP contribution is 2.37. The monoisotopic (exact) mass is 394 g/mol. The smallest absolute Gasteiger partial charge is 0.255 e. The second-order valence-electron chi connectivity index (χ2n) is 8.58. The van der Waals surface area contributed by atoms with Crippen molar-refractivity contribution in [3.05, 3.63) is 53.5 Å². The fourth-order valence-corrected chi connectivity index (χ4v) is 3.93. The number of amides is 1. The predicted molar refractivity (Wildman–Crippen MR) is 114 cm³/mol. The minimum atomic E-state index is -0.115. The number of hydrogen-bond donors (Lipinski definition) is 0. The lowest BCUT2D eigenvalue weighted by Crippen LogP contribution is -2.28. The Balaban J connectivity index is 1.99. The van der Waals surface area contributed by atoms with Crippen molar-refractivity contribution in [3.63, 3.8) is 0 Å². The fraction of sp³-hybridized carbons (Fsp3) is 0.478. The number of aryl methyl sites for hydroxylation is 1. The molecule has 1 aliphatic rings. The van der Waals surface area contributed by atoms with Crippen LogP contribution in [0.25, 0.3) is 5.82 Å². The first kappa shape index (κ1) is 21.0. The average Bonchev–Trinajstić information content (AvgIpc) is 3.03. The van der Waals surface area contributed by atoms with Crippen LogP contribution in [0.4, 0.5) is 0 Å². The minimum absolute atomic E-state index is 0.0450. The highest BCUT2D eigenvalue weighted by molar-refractivity contribution is 6.00. The lowest BCUT2D eigenvalue weighted by Gasteiger charge is -2.29.